The average Bonchev–Trinajstić information content (AvgIpc) is 2.87. The van der Waals surface area contributed by atoms with Crippen molar-refractivity contribution in [2.75, 3.05) is 20.2 Å². The summed E-state index contributed by atoms with van der Waals surface area (Å²) in [7, 11) is 1.67. The summed E-state index contributed by atoms with van der Waals surface area (Å²) < 4.78 is 5.40. The number of benzene rings is 1. The molecule has 3 N–H and O–H groups in total. The Kier molecular flexibility index (Phi) is 4.96. The Morgan fingerprint density at radius 1 is 1.60 bits per heavy atom. The second-order valence-corrected chi connectivity index (χ2v) is 5.86. The van der Waals surface area contributed by atoms with Gasteiger partial charge in [-0.1, -0.05) is 12.2 Å². The maximum atomic E-state index is 9.67. The lowest BCUT2D eigenvalue weighted by Crippen LogP contribution is -2.24. The average molecular weight is 294 g/mol. The summed E-state index contributed by atoms with van der Waals surface area (Å²) in [6, 6.07) is 5.79. The molecule has 2 atom stereocenters. The molecule has 110 valence electrons. The molecule has 5 heteroatoms. The number of methoxy groups -OCH3 is 1. The van der Waals surface area contributed by atoms with Crippen molar-refractivity contribution < 1.29 is 9.84 Å². The molecule has 1 heterocycles. The van der Waals surface area contributed by atoms with Crippen LogP contribution in [0.4, 0.5) is 0 Å². The maximum absolute atomic E-state index is 9.67. The molecular weight excluding hydrogens is 272 g/mol. The monoisotopic (exact) mass is 294 g/mol. The molecule has 0 radical (unpaired) electrons. The lowest BCUT2D eigenvalue weighted by atomic mass is 10.0. The van der Waals surface area contributed by atoms with Gasteiger partial charge in [-0.25, -0.2) is 0 Å². The fourth-order valence-electron chi connectivity index (χ4n) is 2.70. The zero-order valence-corrected chi connectivity index (χ0v) is 12.8. The van der Waals surface area contributed by atoms with Crippen molar-refractivity contribution in [2.45, 2.75) is 26.0 Å². The van der Waals surface area contributed by atoms with Gasteiger partial charge >= 0.3 is 0 Å². The van der Waals surface area contributed by atoms with Gasteiger partial charge < -0.3 is 15.6 Å². The molecule has 1 aromatic rings. The van der Waals surface area contributed by atoms with Gasteiger partial charge in [-0.05, 0) is 44.0 Å². The van der Waals surface area contributed by atoms with Gasteiger partial charge in [-0.2, -0.15) is 0 Å². The topological polar surface area (TPSA) is 58.7 Å². The molecule has 0 aliphatic carbocycles. The van der Waals surface area contributed by atoms with Crippen molar-refractivity contribution >= 4 is 17.2 Å². The third-order valence-electron chi connectivity index (χ3n) is 3.95. The van der Waals surface area contributed by atoms with E-state index in [2.05, 4.69) is 4.90 Å². The summed E-state index contributed by atoms with van der Waals surface area (Å²) in [5.41, 5.74) is 7.64. The van der Waals surface area contributed by atoms with E-state index in [9.17, 15) is 5.11 Å². The first-order valence-electron chi connectivity index (χ1n) is 6.88. The second-order valence-electron chi connectivity index (χ2n) is 5.42. The van der Waals surface area contributed by atoms with Gasteiger partial charge in [0.05, 0.1) is 13.2 Å². The molecule has 1 fully saturated rings. The van der Waals surface area contributed by atoms with Gasteiger partial charge in [0.15, 0.2) is 0 Å². The number of rotatable bonds is 5. The Morgan fingerprint density at radius 3 is 2.90 bits per heavy atom. The molecule has 2 rings (SSSR count). The van der Waals surface area contributed by atoms with E-state index in [1.807, 2.05) is 25.1 Å². The Bertz CT molecular complexity index is 491. The molecule has 1 saturated heterocycles. The van der Waals surface area contributed by atoms with Crippen LogP contribution in [-0.2, 0) is 6.54 Å². The van der Waals surface area contributed by atoms with E-state index in [1.165, 1.54) is 0 Å². The van der Waals surface area contributed by atoms with E-state index >= 15 is 0 Å². The molecular formula is C15H22N2O2S. The van der Waals surface area contributed by atoms with E-state index in [-0.39, 0.29) is 6.10 Å². The fraction of sp³-hybridized carbons (Fsp3) is 0.533. The normalized spacial score (nSPS) is 20.9. The molecule has 0 bridgehead atoms. The lowest BCUT2D eigenvalue weighted by molar-refractivity contribution is 0.127. The third kappa shape index (κ3) is 3.48. The van der Waals surface area contributed by atoms with Crippen molar-refractivity contribution in [3.05, 3.63) is 29.3 Å². The van der Waals surface area contributed by atoms with Crippen molar-refractivity contribution in [1.29, 1.82) is 0 Å². The van der Waals surface area contributed by atoms with E-state index in [1.54, 1.807) is 7.11 Å². The summed E-state index contributed by atoms with van der Waals surface area (Å²) in [5, 5.41) is 9.67. The predicted molar refractivity (Wildman–Crippen MR) is 83.9 cm³/mol. The quantitative estimate of drug-likeness (QED) is 0.807. The first kappa shape index (κ1) is 15.2. The van der Waals surface area contributed by atoms with Gasteiger partial charge in [0.2, 0.25) is 0 Å². The Balaban J connectivity index is 2.12. The van der Waals surface area contributed by atoms with E-state index in [0.29, 0.717) is 10.9 Å². The lowest BCUT2D eigenvalue weighted by Gasteiger charge is -2.19. The van der Waals surface area contributed by atoms with E-state index < -0.39 is 0 Å². The maximum Gasteiger partial charge on any atom is 0.123 e. The highest BCUT2D eigenvalue weighted by Gasteiger charge is 2.26. The molecule has 0 aromatic heterocycles. The molecule has 2 unspecified atom stereocenters. The van der Waals surface area contributed by atoms with Gasteiger partial charge in [0, 0.05) is 24.2 Å². The van der Waals surface area contributed by atoms with Crippen LogP contribution in [0, 0.1) is 5.92 Å². The van der Waals surface area contributed by atoms with Crippen molar-refractivity contribution in [1.82, 2.24) is 4.90 Å². The van der Waals surface area contributed by atoms with Gasteiger partial charge in [-0.15, -0.1) is 0 Å². The molecule has 0 amide bonds. The van der Waals surface area contributed by atoms with E-state index in [4.69, 9.17) is 22.7 Å². The minimum Gasteiger partial charge on any atom is -0.496 e. The highest BCUT2D eigenvalue weighted by Crippen LogP contribution is 2.26. The molecule has 1 aromatic carbocycles. The van der Waals surface area contributed by atoms with Crippen LogP contribution < -0.4 is 10.5 Å². The number of nitrogens with zero attached hydrogens (tertiary/aromatic N) is 1. The molecule has 0 saturated carbocycles. The number of aliphatic hydroxyl groups is 1. The SMILES string of the molecule is COc1ccc(C(N)=S)cc1CN1CCC(C(C)O)C1. The molecule has 0 spiro atoms. The number of hydrogen-bond acceptors (Lipinski definition) is 4. The first-order valence-corrected chi connectivity index (χ1v) is 7.29. The van der Waals surface area contributed by atoms with Gasteiger partial charge in [0.1, 0.15) is 10.7 Å². The van der Waals surface area contributed by atoms with Crippen LogP contribution in [0.5, 0.6) is 5.75 Å². The number of nitrogens with two attached hydrogens (primary N) is 1. The Hall–Kier alpha value is -1.17. The minimum atomic E-state index is -0.246. The highest BCUT2D eigenvalue weighted by atomic mass is 32.1. The summed E-state index contributed by atoms with van der Waals surface area (Å²) in [6.45, 7) is 4.57. The molecule has 1 aliphatic rings. The summed E-state index contributed by atoms with van der Waals surface area (Å²) in [4.78, 5) is 2.73. The standard InChI is InChI=1S/C15H22N2O2S/c1-10(18)12-5-6-17(8-12)9-13-7-11(15(16)20)3-4-14(13)19-2/h3-4,7,10,12,18H,5-6,8-9H2,1-2H3,(H2,16,20). The summed E-state index contributed by atoms with van der Waals surface area (Å²) >= 11 is 5.03. The van der Waals surface area contributed by atoms with Crippen molar-refractivity contribution in [3.63, 3.8) is 0 Å². The number of aliphatic hydroxyl groups excluding tert-OH is 1. The van der Waals surface area contributed by atoms with Gasteiger partial charge in [0.25, 0.3) is 0 Å². The first-order chi connectivity index (χ1) is 9.51. The minimum absolute atomic E-state index is 0.246. The number of hydrogen-bond donors (Lipinski definition) is 2. The van der Waals surface area contributed by atoms with Crippen LogP contribution in [0.15, 0.2) is 18.2 Å². The zero-order valence-electron chi connectivity index (χ0n) is 12.0. The number of ether oxygens (including phenoxy) is 1. The Labute approximate surface area is 125 Å². The van der Waals surface area contributed by atoms with Gasteiger partial charge in [-0.3, -0.25) is 4.90 Å². The van der Waals surface area contributed by atoms with Crippen molar-refractivity contribution in [3.8, 4) is 5.75 Å². The molecule has 20 heavy (non-hydrogen) atoms. The van der Waals surface area contributed by atoms with Crippen LogP contribution in [0.1, 0.15) is 24.5 Å². The second kappa shape index (κ2) is 6.52. The summed E-state index contributed by atoms with van der Waals surface area (Å²) in [5.74, 6) is 1.21. The van der Waals surface area contributed by atoms with E-state index in [0.717, 1.165) is 42.9 Å². The zero-order chi connectivity index (χ0) is 14.7. The van der Waals surface area contributed by atoms with Crippen LogP contribution in [0.2, 0.25) is 0 Å². The molecule has 1 aliphatic heterocycles. The fourth-order valence-corrected chi connectivity index (χ4v) is 2.82. The molecule has 4 nitrogen and oxygen atoms in total. The predicted octanol–water partition coefficient (Wildman–Crippen LogP) is 1.53. The smallest absolute Gasteiger partial charge is 0.123 e. The van der Waals surface area contributed by atoms with Crippen LogP contribution in [0.25, 0.3) is 0 Å². The highest BCUT2D eigenvalue weighted by molar-refractivity contribution is 7.80. The Morgan fingerprint density at radius 2 is 2.35 bits per heavy atom. The summed E-state index contributed by atoms with van der Waals surface area (Å²) in [6.07, 6.45) is 0.791. The number of thiocarbonyl (C=S) groups is 1. The largest absolute Gasteiger partial charge is 0.496 e. The van der Waals surface area contributed by atoms with Crippen LogP contribution >= 0.6 is 12.2 Å². The number of likely N-dealkylation sites (tertiary alicyclic amines) is 1. The van der Waals surface area contributed by atoms with Crippen LogP contribution in [0.3, 0.4) is 0 Å². The van der Waals surface area contributed by atoms with Crippen LogP contribution in [-0.4, -0.2) is 41.3 Å². The third-order valence-corrected chi connectivity index (χ3v) is 4.19. The van der Waals surface area contributed by atoms with Crippen molar-refractivity contribution in [2.24, 2.45) is 11.7 Å².